The Morgan fingerprint density at radius 1 is 1.38 bits per heavy atom. The van der Waals surface area contributed by atoms with Crippen molar-refractivity contribution in [2.75, 3.05) is 0 Å². The molecule has 86 valence electrons. The quantitative estimate of drug-likeness (QED) is 0.758. The Morgan fingerprint density at radius 3 is 2.38 bits per heavy atom. The Labute approximate surface area is 92.1 Å². The SMILES string of the molecule is CC(=O)N[C@H](Cc1ccc(F)cc1)C(=O)[O-]. The molecule has 4 nitrogen and oxygen atoms in total. The highest BCUT2D eigenvalue weighted by Gasteiger charge is 2.11. The van der Waals surface area contributed by atoms with Crippen LogP contribution in [-0.4, -0.2) is 17.9 Å². The molecule has 0 bridgehead atoms. The summed E-state index contributed by atoms with van der Waals surface area (Å²) in [5.41, 5.74) is 0.615. The number of benzene rings is 1. The highest BCUT2D eigenvalue weighted by atomic mass is 19.1. The maximum absolute atomic E-state index is 12.6. The first-order chi connectivity index (χ1) is 7.49. The maximum atomic E-state index is 12.6. The van der Waals surface area contributed by atoms with Crippen LogP contribution in [0.4, 0.5) is 4.39 Å². The number of nitrogens with one attached hydrogen (secondary N) is 1. The van der Waals surface area contributed by atoms with Gasteiger partial charge in [0, 0.05) is 6.92 Å². The predicted molar refractivity (Wildman–Crippen MR) is 52.7 cm³/mol. The number of carbonyl (C=O) groups is 2. The van der Waals surface area contributed by atoms with Gasteiger partial charge in [0.25, 0.3) is 0 Å². The lowest BCUT2D eigenvalue weighted by Gasteiger charge is -2.18. The van der Waals surface area contributed by atoms with Crippen molar-refractivity contribution >= 4 is 11.9 Å². The molecule has 0 aromatic heterocycles. The molecule has 0 aliphatic rings. The van der Waals surface area contributed by atoms with E-state index in [9.17, 15) is 19.1 Å². The van der Waals surface area contributed by atoms with Crippen LogP contribution < -0.4 is 10.4 Å². The number of hydrogen-bond acceptors (Lipinski definition) is 3. The highest BCUT2D eigenvalue weighted by molar-refractivity contribution is 5.81. The molecule has 1 aromatic carbocycles. The van der Waals surface area contributed by atoms with Gasteiger partial charge < -0.3 is 15.2 Å². The van der Waals surface area contributed by atoms with Gasteiger partial charge >= 0.3 is 0 Å². The lowest BCUT2D eigenvalue weighted by atomic mass is 10.1. The van der Waals surface area contributed by atoms with Gasteiger partial charge in [-0.2, -0.15) is 0 Å². The zero-order valence-corrected chi connectivity index (χ0v) is 8.70. The minimum atomic E-state index is -1.36. The van der Waals surface area contributed by atoms with E-state index in [0.29, 0.717) is 5.56 Å². The van der Waals surface area contributed by atoms with Crippen molar-refractivity contribution in [1.29, 1.82) is 0 Å². The number of hydrogen-bond donors (Lipinski definition) is 1. The van der Waals surface area contributed by atoms with Crippen LogP contribution in [0.15, 0.2) is 24.3 Å². The molecule has 1 atom stereocenters. The Morgan fingerprint density at radius 2 is 1.94 bits per heavy atom. The molecule has 0 radical (unpaired) electrons. The van der Waals surface area contributed by atoms with Crippen LogP contribution in [0.3, 0.4) is 0 Å². The second-order valence-corrected chi connectivity index (χ2v) is 3.40. The largest absolute Gasteiger partial charge is 0.548 e. The number of rotatable bonds is 4. The molecule has 1 rings (SSSR count). The molecule has 1 N–H and O–H groups in total. The Balaban J connectivity index is 2.71. The highest BCUT2D eigenvalue weighted by Crippen LogP contribution is 2.05. The summed E-state index contributed by atoms with van der Waals surface area (Å²) >= 11 is 0. The Bertz CT molecular complexity index is 389. The van der Waals surface area contributed by atoms with Crippen LogP contribution in [0.2, 0.25) is 0 Å². The summed E-state index contributed by atoms with van der Waals surface area (Å²) in [7, 11) is 0. The fourth-order valence-electron chi connectivity index (χ4n) is 1.29. The van der Waals surface area contributed by atoms with E-state index in [1.165, 1.54) is 31.2 Å². The number of amides is 1. The second-order valence-electron chi connectivity index (χ2n) is 3.40. The van der Waals surface area contributed by atoms with Crippen molar-refractivity contribution in [2.24, 2.45) is 0 Å². The monoisotopic (exact) mass is 224 g/mol. The van der Waals surface area contributed by atoms with E-state index >= 15 is 0 Å². The van der Waals surface area contributed by atoms with E-state index in [1.54, 1.807) is 0 Å². The molecule has 16 heavy (non-hydrogen) atoms. The van der Waals surface area contributed by atoms with Gasteiger partial charge in [0.1, 0.15) is 5.82 Å². The average Bonchev–Trinajstić information content (AvgIpc) is 2.19. The van der Waals surface area contributed by atoms with Gasteiger partial charge in [0.15, 0.2) is 0 Å². The van der Waals surface area contributed by atoms with Crippen LogP contribution in [0.1, 0.15) is 12.5 Å². The van der Waals surface area contributed by atoms with Crippen molar-refractivity contribution in [1.82, 2.24) is 5.32 Å². The number of carboxylic acids is 1. The summed E-state index contributed by atoms with van der Waals surface area (Å²) < 4.78 is 12.6. The Kier molecular flexibility index (Phi) is 3.99. The zero-order valence-electron chi connectivity index (χ0n) is 8.70. The molecule has 5 heteroatoms. The first-order valence-corrected chi connectivity index (χ1v) is 4.71. The molecule has 0 fully saturated rings. The third-order valence-electron chi connectivity index (χ3n) is 2.02. The van der Waals surface area contributed by atoms with E-state index < -0.39 is 23.7 Å². The smallest absolute Gasteiger partial charge is 0.217 e. The maximum Gasteiger partial charge on any atom is 0.217 e. The minimum Gasteiger partial charge on any atom is -0.548 e. The third kappa shape index (κ3) is 3.68. The van der Waals surface area contributed by atoms with E-state index in [4.69, 9.17) is 0 Å². The summed E-state index contributed by atoms with van der Waals surface area (Å²) in [5, 5.41) is 13.0. The third-order valence-corrected chi connectivity index (χ3v) is 2.02. The molecule has 0 spiro atoms. The van der Waals surface area contributed by atoms with E-state index in [2.05, 4.69) is 5.32 Å². The summed E-state index contributed by atoms with van der Waals surface area (Å²) in [5.74, 6) is -2.20. The summed E-state index contributed by atoms with van der Waals surface area (Å²) in [4.78, 5) is 21.4. The molecule has 1 amide bonds. The average molecular weight is 224 g/mol. The second kappa shape index (κ2) is 5.25. The molecule has 0 aliphatic heterocycles. The Hall–Kier alpha value is -1.91. The predicted octanol–water partition coefficient (Wildman–Crippen LogP) is -0.377. The molecule has 0 unspecified atom stereocenters. The van der Waals surface area contributed by atoms with E-state index in [0.717, 1.165) is 0 Å². The van der Waals surface area contributed by atoms with E-state index in [-0.39, 0.29) is 6.42 Å². The first-order valence-electron chi connectivity index (χ1n) is 4.71. The van der Waals surface area contributed by atoms with Gasteiger partial charge in [0.2, 0.25) is 5.91 Å². The molecule has 0 saturated heterocycles. The van der Waals surface area contributed by atoms with Crippen LogP contribution in [-0.2, 0) is 16.0 Å². The number of halogens is 1. The molecular weight excluding hydrogens is 213 g/mol. The molecule has 1 aromatic rings. The fraction of sp³-hybridized carbons (Fsp3) is 0.273. The normalized spacial score (nSPS) is 11.9. The van der Waals surface area contributed by atoms with Gasteiger partial charge in [0.05, 0.1) is 12.0 Å². The zero-order chi connectivity index (χ0) is 12.1. The lowest BCUT2D eigenvalue weighted by Crippen LogP contribution is -2.48. The number of aliphatic carboxylic acids is 1. The summed E-state index contributed by atoms with van der Waals surface area (Å²) in [6, 6.07) is 4.30. The number of carboxylic acid groups (broad SMARTS) is 1. The van der Waals surface area contributed by atoms with Gasteiger partial charge in [-0.3, -0.25) is 4.79 Å². The molecule has 0 aliphatic carbocycles. The van der Waals surface area contributed by atoms with Crippen molar-refractivity contribution in [3.63, 3.8) is 0 Å². The lowest BCUT2D eigenvalue weighted by molar-refractivity contribution is -0.308. The van der Waals surface area contributed by atoms with Gasteiger partial charge in [-0.1, -0.05) is 12.1 Å². The standard InChI is InChI=1S/C11H12FNO3/c1-7(14)13-10(11(15)16)6-8-2-4-9(12)5-3-8/h2-5,10H,6H2,1H3,(H,13,14)(H,15,16)/p-1/t10-/m1/s1. The van der Waals surface area contributed by atoms with Crippen molar-refractivity contribution < 1.29 is 19.1 Å². The van der Waals surface area contributed by atoms with Gasteiger partial charge in [-0.15, -0.1) is 0 Å². The van der Waals surface area contributed by atoms with Crippen LogP contribution >= 0.6 is 0 Å². The topological polar surface area (TPSA) is 69.2 Å². The van der Waals surface area contributed by atoms with Gasteiger partial charge in [-0.05, 0) is 24.1 Å². The van der Waals surface area contributed by atoms with Crippen LogP contribution in [0.25, 0.3) is 0 Å². The fourth-order valence-corrected chi connectivity index (χ4v) is 1.29. The minimum absolute atomic E-state index is 0.0716. The molecule has 0 heterocycles. The van der Waals surface area contributed by atoms with Crippen LogP contribution in [0.5, 0.6) is 0 Å². The molecular formula is C11H11FNO3-. The van der Waals surface area contributed by atoms with Crippen molar-refractivity contribution in [3.05, 3.63) is 35.6 Å². The van der Waals surface area contributed by atoms with E-state index in [1.807, 2.05) is 0 Å². The van der Waals surface area contributed by atoms with Crippen molar-refractivity contribution in [3.8, 4) is 0 Å². The summed E-state index contributed by atoms with van der Waals surface area (Å²) in [6.45, 7) is 1.22. The first kappa shape index (κ1) is 12.2. The molecule has 0 saturated carbocycles. The number of carbonyl (C=O) groups excluding carboxylic acids is 2. The summed E-state index contributed by atoms with van der Waals surface area (Å²) in [6.07, 6.45) is 0.0716. The van der Waals surface area contributed by atoms with Crippen molar-refractivity contribution in [2.45, 2.75) is 19.4 Å². The van der Waals surface area contributed by atoms with Gasteiger partial charge in [-0.25, -0.2) is 4.39 Å². The van der Waals surface area contributed by atoms with Crippen LogP contribution in [0, 0.1) is 5.82 Å².